The molecule has 0 saturated heterocycles. The van der Waals surface area contributed by atoms with Gasteiger partial charge >= 0.3 is 12.4 Å². The summed E-state index contributed by atoms with van der Waals surface area (Å²) in [4.78, 5) is 7.72. The summed E-state index contributed by atoms with van der Waals surface area (Å²) in [5.74, 6) is -1.82. The Labute approximate surface area is 89.5 Å². The molecule has 2 heterocycles. The quantitative estimate of drug-likeness (QED) is 0.735. The Kier molecular flexibility index (Phi) is 2.30. The van der Waals surface area contributed by atoms with Crippen LogP contribution >= 0.6 is 0 Å². The van der Waals surface area contributed by atoms with Gasteiger partial charge in [-0.05, 0) is 6.07 Å². The molecule has 3 nitrogen and oxygen atoms in total. The fraction of sp³-hybridized carbons (Fsp3) is 0.250. The van der Waals surface area contributed by atoms with Gasteiger partial charge in [0.25, 0.3) is 0 Å². The number of nitrogens with zero attached hydrogens (tertiary/aromatic N) is 2. The first kappa shape index (κ1) is 11.7. The van der Waals surface area contributed by atoms with Gasteiger partial charge in [0.05, 0.1) is 0 Å². The van der Waals surface area contributed by atoms with Crippen LogP contribution in [0.1, 0.15) is 11.5 Å². The highest BCUT2D eigenvalue weighted by Crippen LogP contribution is 2.35. The third kappa shape index (κ3) is 2.04. The first-order chi connectivity index (χ1) is 7.69. The largest absolute Gasteiger partial charge is 0.451 e. The predicted molar refractivity (Wildman–Crippen MR) is 43.9 cm³/mol. The summed E-state index contributed by atoms with van der Waals surface area (Å²) in [6.45, 7) is 0. The van der Waals surface area contributed by atoms with Gasteiger partial charge in [-0.2, -0.15) is 26.3 Å². The van der Waals surface area contributed by atoms with Crippen molar-refractivity contribution in [1.29, 1.82) is 0 Å². The Bertz CT molecular complexity index is 552. The van der Waals surface area contributed by atoms with Crippen molar-refractivity contribution in [3.63, 3.8) is 0 Å². The van der Waals surface area contributed by atoms with Gasteiger partial charge in [0.15, 0.2) is 5.69 Å². The van der Waals surface area contributed by atoms with Crippen molar-refractivity contribution >= 4 is 11.0 Å². The van der Waals surface area contributed by atoms with Crippen LogP contribution in [-0.2, 0) is 12.4 Å². The minimum Gasteiger partial charge on any atom is -0.346 e. The zero-order chi connectivity index (χ0) is 12.8. The van der Waals surface area contributed by atoms with Crippen molar-refractivity contribution in [3.05, 3.63) is 23.8 Å². The zero-order valence-electron chi connectivity index (χ0n) is 7.82. The summed E-state index contributed by atoms with van der Waals surface area (Å²) in [5, 5.41) is -0.495. The van der Waals surface area contributed by atoms with E-state index in [9.17, 15) is 26.3 Å². The highest BCUT2D eigenvalue weighted by molar-refractivity contribution is 5.78. The van der Waals surface area contributed by atoms with E-state index in [1.807, 2.05) is 0 Å². The van der Waals surface area contributed by atoms with Crippen molar-refractivity contribution in [2.24, 2.45) is 0 Å². The van der Waals surface area contributed by atoms with Crippen LogP contribution in [0.5, 0.6) is 0 Å². The third-order valence-corrected chi connectivity index (χ3v) is 1.94. The van der Waals surface area contributed by atoms with Gasteiger partial charge in [-0.3, -0.25) is 0 Å². The second kappa shape index (κ2) is 3.34. The lowest BCUT2D eigenvalue weighted by Crippen LogP contribution is -2.17. The summed E-state index contributed by atoms with van der Waals surface area (Å²) in [5.41, 5.74) is -2.10. The number of alkyl halides is 6. The first-order valence-corrected chi connectivity index (χ1v) is 4.19. The van der Waals surface area contributed by atoms with Crippen molar-refractivity contribution in [1.82, 2.24) is 15.0 Å². The van der Waals surface area contributed by atoms with Gasteiger partial charge in [0.2, 0.25) is 5.82 Å². The van der Waals surface area contributed by atoms with E-state index in [1.165, 1.54) is 0 Å². The van der Waals surface area contributed by atoms with Gasteiger partial charge in [0, 0.05) is 11.6 Å². The molecule has 2 aromatic heterocycles. The second-order valence-electron chi connectivity index (χ2n) is 3.13. The highest BCUT2D eigenvalue weighted by atomic mass is 19.4. The number of halogens is 6. The lowest BCUT2D eigenvalue weighted by atomic mass is 10.2. The minimum absolute atomic E-state index is 0.495. The summed E-state index contributed by atoms with van der Waals surface area (Å²) in [7, 11) is 0. The summed E-state index contributed by atoms with van der Waals surface area (Å²) in [6.07, 6.45) is -8.93. The van der Waals surface area contributed by atoms with E-state index < -0.39 is 34.9 Å². The van der Waals surface area contributed by atoms with Crippen LogP contribution in [0.15, 0.2) is 12.3 Å². The summed E-state index contributed by atoms with van der Waals surface area (Å²) in [6, 6.07) is 0.971. The summed E-state index contributed by atoms with van der Waals surface area (Å²) >= 11 is 0. The van der Waals surface area contributed by atoms with E-state index in [0.29, 0.717) is 0 Å². The lowest BCUT2D eigenvalue weighted by molar-refractivity contribution is -0.151. The van der Waals surface area contributed by atoms with Gasteiger partial charge < -0.3 is 4.98 Å². The molecule has 2 rings (SSSR count). The normalized spacial score (nSPS) is 13.3. The first-order valence-electron chi connectivity index (χ1n) is 4.19. The molecule has 0 aliphatic rings. The number of hydrogen-bond donors (Lipinski definition) is 1. The molecule has 92 valence electrons. The number of rotatable bonds is 0. The van der Waals surface area contributed by atoms with Gasteiger partial charge in [0.1, 0.15) is 5.65 Å². The molecule has 17 heavy (non-hydrogen) atoms. The van der Waals surface area contributed by atoms with Crippen LogP contribution in [0.3, 0.4) is 0 Å². The molecule has 0 radical (unpaired) electrons. The van der Waals surface area contributed by atoms with Crippen molar-refractivity contribution < 1.29 is 26.3 Å². The number of nitrogens with one attached hydrogen (secondary N) is 1. The highest BCUT2D eigenvalue weighted by Gasteiger charge is 2.41. The molecule has 0 atom stereocenters. The Balaban J connectivity index is 2.76. The number of H-pyrrole nitrogens is 1. The molecule has 9 heteroatoms. The smallest absolute Gasteiger partial charge is 0.346 e. The second-order valence-corrected chi connectivity index (χ2v) is 3.13. The molecule has 0 bridgehead atoms. The molecule has 0 unspecified atom stereocenters. The van der Waals surface area contributed by atoms with E-state index in [1.54, 1.807) is 0 Å². The standard InChI is InChI=1S/C8H3F6N3/c9-7(10,11)4-3-1-2-15-5(3)17-6(16-4)8(12,13)14/h1-2H,(H,15,16,17). The molecule has 0 aliphatic heterocycles. The Hall–Kier alpha value is -1.80. The maximum Gasteiger partial charge on any atom is 0.451 e. The maximum atomic E-state index is 12.5. The molecule has 0 aliphatic carbocycles. The topological polar surface area (TPSA) is 41.6 Å². The van der Waals surface area contributed by atoms with Gasteiger partial charge in [-0.15, -0.1) is 0 Å². The Morgan fingerprint density at radius 1 is 0.941 bits per heavy atom. The molecule has 0 fully saturated rings. The number of fused-ring (bicyclic) bond motifs is 1. The molecule has 0 spiro atoms. The fourth-order valence-corrected chi connectivity index (χ4v) is 1.28. The van der Waals surface area contributed by atoms with E-state index in [-0.39, 0.29) is 0 Å². The Morgan fingerprint density at radius 3 is 2.12 bits per heavy atom. The fourth-order valence-electron chi connectivity index (χ4n) is 1.28. The average molecular weight is 255 g/mol. The van der Waals surface area contributed by atoms with Crippen LogP contribution in [0.25, 0.3) is 11.0 Å². The number of hydrogen-bond acceptors (Lipinski definition) is 2. The zero-order valence-corrected chi connectivity index (χ0v) is 7.82. The SMILES string of the molecule is FC(F)(F)c1nc(C(F)(F)F)c2cc[nH]c2n1. The van der Waals surface area contributed by atoms with Crippen molar-refractivity contribution in [2.45, 2.75) is 12.4 Å². The van der Waals surface area contributed by atoms with E-state index in [0.717, 1.165) is 12.3 Å². The maximum absolute atomic E-state index is 12.5. The van der Waals surface area contributed by atoms with E-state index in [2.05, 4.69) is 15.0 Å². The third-order valence-electron chi connectivity index (χ3n) is 1.94. The van der Waals surface area contributed by atoms with Crippen LogP contribution in [0.4, 0.5) is 26.3 Å². The van der Waals surface area contributed by atoms with E-state index >= 15 is 0 Å². The molecular weight excluding hydrogens is 252 g/mol. The summed E-state index contributed by atoms with van der Waals surface area (Å²) < 4.78 is 74.3. The average Bonchev–Trinajstić information content (AvgIpc) is 2.59. The molecule has 0 saturated carbocycles. The minimum atomic E-state index is -5.03. The van der Waals surface area contributed by atoms with E-state index in [4.69, 9.17) is 0 Å². The molecule has 2 aromatic rings. The monoisotopic (exact) mass is 255 g/mol. The molecule has 1 N–H and O–H groups in total. The van der Waals surface area contributed by atoms with Crippen LogP contribution in [-0.4, -0.2) is 15.0 Å². The molecular formula is C8H3F6N3. The van der Waals surface area contributed by atoms with Gasteiger partial charge in [-0.25, -0.2) is 9.97 Å². The lowest BCUT2D eigenvalue weighted by Gasteiger charge is -2.10. The Morgan fingerprint density at radius 2 is 1.59 bits per heavy atom. The molecule has 0 amide bonds. The number of aromatic amines is 1. The predicted octanol–water partition coefficient (Wildman–Crippen LogP) is 3.00. The van der Waals surface area contributed by atoms with Crippen LogP contribution in [0.2, 0.25) is 0 Å². The van der Waals surface area contributed by atoms with Crippen molar-refractivity contribution in [2.75, 3.05) is 0 Å². The van der Waals surface area contributed by atoms with Crippen LogP contribution in [0, 0.1) is 0 Å². The molecule has 0 aromatic carbocycles. The van der Waals surface area contributed by atoms with Crippen LogP contribution < -0.4 is 0 Å². The number of aromatic nitrogens is 3. The van der Waals surface area contributed by atoms with Crippen molar-refractivity contribution in [3.8, 4) is 0 Å². The van der Waals surface area contributed by atoms with Gasteiger partial charge in [-0.1, -0.05) is 0 Å².